The van der Waals surface area contributed by atoms with E-state index in [1.807, 2.05) is 6.07 Å². The largest absolute Gasteiger partial charge is 0.308 e. The summed E-state index contributed by atoms with van der Waals surface area (Å²) in [4.78, 5) is 2.61. The van der Waals surface area contributed by atoms with Crippen LogP contribution in [-0.4, -0.2) is 29.6 Å². The lowest BCUT2D eigenvalue weighted by Crippen LogP contribution is -2.64. The number of nitrogens with zero attached hydrogens (tertiary/aromatic N) is 1. The van der Waals surface area contributed by atoms with Crippen molar-refractivity contribution < 1.29 is 4.39 Å². The van der Waals surface area contributed by atoms with Gasteiger partial charge in [-0.3, -0.25) is 4.90 Å². The Balaban J connectivity index is 1.77. The second kappa shape index (κ2) is 6.05. The quantitative estimate of drug-likeness (QED) is 0.892. The van der Waals surface area contributed by atoms with Gasteiger partial charge in [0.15, 0.2) is 0 Å². The van der Waals surface area contributed by atoms with Crippen molar-refractivity contribution in [3.8, 4) is 0 Å². The lowest BCUT2D eigenvalue weighted by atomic mass is 9.87. The maximum absolute atomic E-state index is 13.4. The number of hydrogen-bond acceptors (Lipinski definition) is 2. The fourth-order valence-corrected chi connectivity index (χ4v) is 3.72. The Morgan fingerprint density at radius 2 is 2.05 bits per heavy atom. The number of halogens is 1. The van der Waals surface area contributed by atoms with E-state index in [0.29, 0.717) is 6.04 Å². The van der Waals surface area contributed by atoms with Crippen LogP contribution in [0.1, 0.15) is 45.1 Å². The Morgan fingerprint density at radius 1 is 1.29 bits per heavy atom. The molecular formula is C18H27FN2. The van der Waals surface area contributed by atoms with Gasteiger partial charge < -0.3 is 5.32 Å². The maximum atomic E-state index is 13.4. The predicted molar refractivity (Wildman–Crippen MR) is 84.6 cm³/mol. The van der Waals surface area contributed by atoms with Gasteiger partial charge in [-0.25, -0.2) is 4.39 Å². The summed E-state index contributed by atoms with van der Waals surface area (Å²) in [6.45, 7) is 7.59. The summed E-state index contributed by atoms with van der Waals surface area (Å²) in [7, 11) is 0. The molecule has 0 aromatic heterocycles. The second-order valence-corrected chi connectivity index (χ2v) is 6.81. The van der Waals surface area contributed by atoms with Crippen molar-refractivity contribution in [1.82, 2.24) is 10.2 Å². The first kappa shape index (κ1) is 15.0. The molecule has 1 aromatic rings. The predicted octanol–water partition coefficient (Wildman–Crippen LogP) is 3.57. The molecule has 2 aliphatic rings. The Kier molecular flexibility index (Phi) is 4.32. The zero-order valence-corrected chi connectivity index (χ0v) is 13.2. The first-order valence-electron chi connectivity index (χ1n) is 8.39. The van der Waals surface area contributed by atoms with Crippen LogP contribution in [0.3, 0.4) is 0 Å². The molecule has 3 heteroatoms. The lowest BCUT2D eigenvalue weighted by molar-refractivity contribution is 0.0556. The second-order valence-electron chi connectivity index (χ2n) is 6.81. The van der Waals surface area contributed by atoms with E-state index in [9.17, 15) is 4.39 Å². The molecule has 1 heterocycles. The van der Waals surface area contributed by atoms with Gasteiger partial charge in [0.2, 0.25) is 0 Å². The van der Waals surface area contributed by atoms with Crippen LogP contribution in [-0.2, 0) is 6.54 Å². The van der Waals surface area contributed by atoms with E-state index in [-0.39, 0.29) is 11.4 Å². The van der Waals surface area contributed by atoms with Crippen LogP contribution in [0.15, 0.2) is 24.3 Å². The number of hydrogen-bond donors (Lipinski definition) is 1. The van der Waals surface area contributed by atoms with Gasteiger partial charge in [0, 0.05) is 31.2 Å². The van der Waals surface area contributed by atoms with Crippen LogP contribution in [0, 0.1) is 11.7 Å². The van der Waals surface area contributed by atoms with Crippen LogP contribution in [0.5, 0.6) is 0 Å². The van der Waals surface area contributed by atoms with E-state index >= 15 is 0 Å². The summed E-state index contributed by atoms with van der Waals surface area (Å²) in [5.74, 6) is 0.723. The molecule has 1 atom stereocenters. The molecule has 0 radical (unpaired) electrons. The van der Waals surface area contributed by atoms with Crippen LogP contribution in [0.25, 0.3) is 0 Å². The summed E-state index contributed by atoms with van der Waals surface area (Å²) in [5.41, 5.74) is 1.34. The van der Waals surface area contributed by atoms with Gasteiger partial charge >= 0.3 is 0 Å². The average Bonchev–Trinajstić information content (AvgIpc) is 3.32. The van der Waals surface area contributed by atoms with Gasteiger partial charge in [-0.15, -0.1) is 0 Å². The Hall–Kier alpha value is -0.930. The number of piperazine rings is 1. The van der Waals surface area contributed by atoms with E-state index in [0.717, 1.165) is 44.0 Å². The summed E-state index contributed by atoms with van der Waals surface area (Å²) < 4.78 is 13.4. The molecule has 21 heavy (non-hydrogen) atoms. The summed E-state index contributed by atoms with van der Waals surface area (Å²) in [6, 6.07) is 7.72. The highest BCUT2D eigenvalue weighted by Crippen LogP contribution is 2.38. The van der Waals surface area contributed by atoms with Gasteiger partial charge in [0.1, 0.15) is 5.82 Å². The topological polar surface area (TPSA) is 15.3 Å². The highest BCUT2D eigenvalue weighted by atomic mass is 19.1. The van der Waals surface area contributed by atoms with Crippen LogP contribution in [0.2, 0.25) is 0 Å². The van der Waals surface area contributed by atoms with E-state index < -0.39 is 0 Å². The molecule has 0 bridgehead atoms. The molecular weight excluding hydrogens is 263 g/mol. The molecule has 1 aliphatic carbocycles. The minimum Gasteiger partial charge on any atom is -0.308 e. The average molecular weight is 290 g/mol. The van der Waals surface area contributed by atoms with Crippen molar-refractivity contribution in [2.75, 3.05) is 13.1 Å². The zero-order valence-electron chi connectivity index (χ0n) is 13.2. The van der Waals surface area contributed by atoms with Crippen molar-refractivity contribution in [2.45, 2.75) is 57.7 Å². The highest BCUT2D eigenvalue weighted by molar-refractivity contribution is 5.17. The number of nitrogens with one attached hydrogen (secondary N) is 1. The molecule has 1 aromatic carbocycles. The smallest absolute Gasteiger partial charge is 0.123 e. The van der Waals surface area contributed by atoms with Gasteiger partial charge in [0.25, 0.3) is 0 Å². The van der Waals surface area contributed by atoms with Crippen molar-refractivity contribution in [3.05, 3.63) is 35.6 Å². The summed E-state index contributed by atoms with van der Waals surface area (Å²) in [5, 5.41) is 3.81. The normalized spacial score (nSPS) is 26.0. The molecule has 1 saturated heterocycles. The lowest BCUT2D eigenvalue weighted by Gasteiger charge is -2.48. The molecule has 116 valence electrons. The van der Waals surface area contributed by atoms with Gasteiger partial charge in [0.05, 0.1) is 0 Å². The molecule has 0 spiro atoms. The van der Waals surface area contributed by atoms with Crippen LogP contribution in [0.4, 0.5) is 4.39 Å². The first-order valence-corrected chi connectivity index (χ1v) is 8.39. The number of benzene rings is 1. The van der Waals surface area contributed by atoms with Crippen molar-refractivity contribution in [1.29, 1.82) is 0 Å². The van der Waals surface area contributed by atoms with Crippen molar-refractivity contribution in [2.24, 2.45) is 5.92 Å². The van der Waals surface area contributed by atoms with E-state index in [1.165, 1.54) is 18.9 Å². The fraction of sp³-hybridized carbons (Fsp3) is 0.667. The number of rotatable bonds is 5. The molecule has 2 fully saturated rings. The molecule has 1 N–H and O–H groups in total. The molecule has 2 nitrogen and oxygen atoms in total. The highest BCUT2D eigenvalue weighted by Gasteiger charge is 2.42. The van der Waals surface area contributed by atoms with Crippen molar-refractivity contribution >= 4 is 0 Å². The SMILES string of the molecule is CCC1(CC)CN(Cc2cccc(F)c2)C(C2CC2)CN1. The molecule has 1 aliphatic heterocycles. The zero-order chi connectivity index (χ0) is 14.9. The van der Waals surface area contributed by atoms with E-state index in [1.54, 1.807) is 6.07 Å². The Labute approximate surface area is 127 Å². The first-order chi connectivity index (χ1) is 10.2. The third kappa shape index (κ3) is 3.29. The molecule has 0 amide bonds. The van der Waals surface area contributed by atoms with Gasteiger partial charge in [-0.1, -0.05) is 26.0 Å². The fourth-order valence-electron chi connectivity index (χ4n) is 3.72. The van der Waals surface area contributed by atoms with Crippen LogP contribution < -0.4 is 5.32 Å². The van der Waals surface area contributed by atoms with Gasteiger partial charge in [-0.2, -0.15) is 0 Å². The van der Waals surface area contributed by atoms with Crippen LogP contribution >= 0.6 is 0 Å². The molecule has 1 saturated carbocycles. The molecule has 1 unspecified atom stereocenters. The Bertz CT molecular complexity index is 480. The minimum absolute atomic E-state index is 0.122. The summed E-state index contributed by atoms with van der Waals surface area (Å²) >= 11 is 0. The monoisotopic (exact) mass is 290 g/mol. The third-order valence-corrected chi connectivity index (χ3v) is 5.46. The summed E-state index contributed by atoms with van der Waals surface area (Å²) in [6.07, 6.45) is 5.02. The Morgan fingerprint density at radius 3 is 2.67 bits per heavy atom. The van der Waals surface area contributed by atoms with Crippen molar-refractivity contribution in [3.63, 3.8) is 0 Å². The van der Waals surface area contributed by atoms with Gasteiger partial charge in [-0.05, 0) is 49.3 Å². The van der Waals surface area contributed by atoms with E-state index in [4.69, 9.17) is 0 Å². The maximum Gasteiger partial charge on any atom is 0.123 e. The molecule has 3 rings (SSSR count). The van der Waals surface area contributed by atoms with E-state index in [2.05, 4.69) is 30.1 Å². The minimum atomic E-state index is -0.122. The standard InChI is InChI=1S/C18H27FN2/c1-3-18(4-2)13-21(17(11-20-18)15-8-9-15)12-14-6-5-7-16(19)10-14/h5-7,10,15,17,20H,3-4,8-9,11-13H2,1-2H3. The third-order valence-electron chi connectivity index (χ3n) is 5.46.